The van der Waals surface area contributed by atoms with Gasteiger partial charge in [-0.2, -0.15) is 0 Å². The van der Waals surface area contributed by atoms with Crippen LogP contribution in [0.15, 0.2) is 53.4 Å². The number of likely N-dealkylation sites (N-methyl/N-ethyl adjacent to an activating group) is 1. The summed E-state index contributed by atoms with van der Waals surface area (Å²) in [5.74, 6) is 0. The van der Waals surface area contributed by atoms with Crippen molar-refractivity contribution >= 4 is 10.0 Å². The summed E-state index contributed by atoms with van der Waals surface area (Å²) < 4.78 is 26.5. The predicted octanol–water partition coefficient (Wildman–Crippen LogP) is 2.53. The molecule has 0 atom stereocenters. The maximum atomic E-state index is 12.5. The summed E-state index contributed by atoms with van der Waals surface area (Å²) >= 11 is 0. The molecule has 98 valence electrons. The van der Waals surface area contributed by atoms with Crippen molar-refractivity contribution in [2.75, 3.05) is 13.6 Å². The highest BCUT2D eigenvalue weighted by molar-refractivity contribution is 7.89. The zero-order valence-corrected chi connectivity index (χ0v) is 11.5. The van der Waals surface area contributed by atoms with Gasteiger partial charge < -0.3 is 0 Å². The fraction of sp³-hybridized carbons (Fsp3) is 0.200. The van der Waals surface area contributed by atoms with Crippen LogP contribution in [0.1, 0.15) is 5.56 Å². The van der Waals surface area contributed by atoms with Crippen molar-refractivity contribution < 1.29 is 8.42 Å². The van der Waals surface area contributed by atoms with Gasteiger partial charge in [0.15, 0.2) is 0 Å². The third-order valence-corrected chi connectivity index (χ3v) is 5.49. The molecule has 0 aliphatic carbocycles. The van der Waals surface area contributed by atoms with Gasteiger partial charge in [-0.05, 0) is 23.6 Å². The van der Waals surface area contributed by atoms with E-state index in [0.717, 1.165) is 17.5 Å². The Kier molecular flexibility index (Phi) is 2.92. The van der Waals surface area contributed by atoms with Crippen LogP contribution >= 0.6 is 0 Å². The molecule has 0 bridgehead atoms. The summed E-state index contributed by atoms with van der Waals surface area (Å²) in [5, 5.41) is 0. The lowest BCUT2D eigenvalue weighted by molar-refractivity contribution is 0.471. The molecule has 4 heteroatoms. The third kappa shape index (κ3) is 1.97. The van der Waals surface area contributed by atoms with Crippen molar-refractivity contribution in [3.63, 3.8) is 0 Å². The highest BCUT2D eigenvalue weighted by atomic mass is 32.2. The third-order valence-electron chi connectivity index (χ3n) is 3.58. The van der Waals surface area contributed by atoms with Gasteiger partial charge in [-0.15, -0.1) is 0 Å². The smallest absolute Gasteiger partial charge is 0.207 e. The lowest BCUT2D eigenvalue weighted by Gasteiger charge is -2.23. The van der Waals surface area contributed by atoms with Gasteiger partial charge in [0.1, 0.15) is 0 Å². The first-order chi connectivity index (χ1) is 9.10. The second kappa shape index (κ2) is 4.47. The largest absolute Gasteiger partial charge is 0.243 e. The average molecular weight is 273 g/mol. The van der Waals surface area contributed by atoms with Crippen molar-refractivity contribution in [1.82, 2.24) is 4.31 Å². The van der Waals surface area contributed by atoms with Crippen LogP contribution in [-0.4, -0.2) is 26.3 Å². The van der Waals surface area contributed by atoms with Crippen LogP contribution in [-0.2, 0) is 16.4 Å². The van der Waals surface area contributed by atoms with E-state index in [2.05, 4.69) is 6.07 Å². The van der Waals surface area contributed by atoms with Crippen LogP contribution in [0.25, 0.3) is 11.1 Å². The van der Waals surface area contributed by atoms with Crippen LogP contribution in [0.3, 0.4) is 0 Å². The Bertz CT molecular complexity index is 722. The lowest BCUT2D eigenvalue weighted by Crippen LogP contribution is -2.30. The molecule has 19 heavy (non-hydrogen) atoms. The fourth-order valence-electron chi connectivity index (χ4n) is 2.48. The molecule has 1 aliphatic heterocycles. The van der Waals surface area contributed by atoms with Gasteiger partial charge in [-0.25, -0.2) is 12.7 Å². The maximum absolute atomic E-state index is 12.5. The molecule has 3 rings (SSSR count). The Morgan fingerprint density at radius 2 is 1.58 bits per heavy atom. The molecule has 0 saturated heterocycles. The molecule has 0 saturated carbocycles. The van der Waals surface area contributed by atoms with Crippen molar-refractivity contribution in [3.05, 3.63) is 54.1 Å². The first-order valence-corrected chi connectivity index (χ1v) is 7.68. The van der Waals surface area contributed by atoms with Gasteiger partial charge in [0.05, 0.1) is 4.90 Å². The molecule has 0 unspecified atom stereocenters. The van der Waals surface area contributed by atoms with Crippen molar-refractivity contribution in [2.24, 2.45) is 0 Å². The van der Waals surface area contributed by atoms with E-state index >= 15 is 0 Å². The number of hydrogen-bond donors (Lipinski definition) is 0. The molecule has 0 N–H and O–H groups in total. The zero-order chi connectivity index (χ0) is 13.5. The van der Waals surface area contributed by atoms with E-state index in [1.165, 1.54) is 9.87 Å². The van der Waals surface area contributed by atoms with Crippen LogP contribution in [0.5, 0.6) is 0 Å². The van der Waals surface area contributed by atoms with Gasteiger partial charge in [-0.3, -0.25) is 0 Å². The fourth-order valence-corrected chi connectivity index (χ4v) is 3.85. The lowest BCUT2D eigenvalue weighted by atomic mass is 9.97. The molecular weight excluding hydrogens is 258 g/mol. The van der Waals surface area contributed by atoms with Crippen molar-refractivity contribution in [3.8, 4) is 11.1 Å². The first kappa shape index (κ1) is 12.4. The molecule has 2 aromatic rings. The van der Waals surface area contributed by atoms with Crippen LogP contribution in [0.4, 0.5) is 0 Å². The minimum Gasteiger partial charge on any atom is -0.207 e. The van der Waals surface area contributed by atoms with E-state index in [-0.39, 0.29) is 0 Å². The zero-order valence-electron chi connectivity index (χ0n) is 10.7. The minimum atomic E-state index is -3.39. The maximum Gasteiger partial charge on any atom is 0.243 e. The predicted molar refractivity (Wildman–Crippen MR) is 75.4 cm³/mol. The number of benzene rings is 2. The summed E-state index contributed by atoms with van der Waals surface area (Å²) in [6.45, 7) is 0.508. The van der Waals surface area contributed by atoms with E-state index in [1.807, 2.05) is 30.3 Å². The number of sulfonamides is 1. The highest BCUT2D eigenvalue weighted by Crippen LogP contribution is 2.33. The number of nitrogens with zero attached hydrogens (tertiary/aromatic N) is 1. The van der Waals surface area contributed by atoms with Crippen molar-refractivity contribution in [1.29, 1.82) is 0 Å². The molecule has 0 amide bonds. The summed E-state index contributed by atoms with van der Waals surface area (Å²) in [4.78, 5) is 0.393. The van der Waals surface area contributed by atoms with E-state index < -0.39 is 10.0 Å². The monoisotopic (exact) mass is 273 g/mol. The number of fused-ring (bicyclic) bond motifs is 3. The van der Waals surface area contributed by atoms with E-state index in [0.29, 0.717) is 11.4 Å². The van der Waals surface area contributed by atoms with Crippen LogP contribution in [0, 0.1) is 0 Å². The van der Waals surface area contributed by atoms with Gasteiger partial charge in [-0.1, -0.05) is 42.5 Å². The standard InChI is InChI=1S/C15H15NO2S/c1-16-11-10-12-6-2-3-7-13(12)14-8-4-5-9-15(14)19(16,17)18/h2-9H,10-11H2,1H3. The number of rotatable bonds is 0. The number of hydrogen-bond acceptors (Lipinski definition) is 2. The SMILES string of the molecule is CN1CCc2ccccc2-c2ccccc2S1(=O)=O. The molecule has 0 aromatic heterocycles. The van der Waals surface area contributed by atoms with Gasteiger partial charge >= 0.3 is 0 Å². The Labute approximate surface area is 113 Å². The van der Waals surface area contributed by atoms with Gasteiger partial charge in [0, 0.05) is 19.2 Å². The molecule has 1 aliphatic rings. The van der Waals surface area contributed by atoms with Crippen LogP contribution < -0.4 is 0 Å². The highest BCUT2D eigenvalue weighted by Gasteiger charge is 2.27. The van der Waals surface area contributed by atoms with E-state index in [4.69, 9.17) is 0 Å². The molecule has 2 aromatic carbocycles. The average Bonchev–Trinajstić information content (AvgIpc) is 2.44. The Hall–Kier alpha value is -1.65. The van der Waals surface area contributed by atoms with Gasteiger partial charge in [0.2, 0.25) is 10.0 Å². The second-order valence-corrected chi connectivity index (χ2v) is 6.74. The summed E-state index contributed by atoms with van der Waals surface area (Å²) in [5.41, 5.74) is 3.01. The van der Waals surface area contributed by atoms with Gasteiger partial charge in [0.25, 0.3) is 0 Å². The van der Waals surface area contributed by atoms with E-state index in [1.54, 1.807) is 19.2 Å². The second-order valence-electron chi connectivity index (χ2n) is 4.73. The molecule has 0 fully saturated rings. The summed E-state index contributed by atoms with van der Waals surface area (Å²) in [7, 11) is -1.75. The Morgan fingerprint density at radius 3 is 2.37 bits per heavy atom. The van der Waals surface area contributed by atoms with Crippen LogP contribution in [0.2, 0.25) is 0 Å². The van der Waals surface area contributed by atoms with E-state index in [9.17, 15) is 8.42 Å². The summed E-state index contributed by atoms with van der Waals surface area (Å²) in [6.07, 6.45) is 0.736. The molecule has 0 radical (unpaired) electrons. The normalized spacial score (nSPS) is 17.9. The quantitative estimate of drug-likeness (QED) is 0.739. The summed E-state index contributed by atoms with van der Waals surface area (Å²) in [6, 6.07) is 15.2. The van der Waals surface area contributed by atoms with Crippen molar-refractivity contribution in [2.45, 2.75) is 11.3 Å². The molecule has 1 heterocycles. The minimum absolute atomic E-state index is 0.393. The molecule has 0 spiro atoms. The Balaban J connectivity index is 2.36. The molecule has 3 nitrogen and oxygen atoms in total. The molecular formula is C15H15NO2S. The first-order valence-electron chi connectivity index (χ1n) is 6.24. The topological polar surface area (TPSA) is 37.4 Å². The Morgan fingerprint density at radius 1 is 0.947 bits per heavy atom.